The second-order valence-electron chi connectivity index (χ2n) is 4.72. The predicted molar refractivity (Wildman–Crippen MR) is 61.1 cm³/mol. The molecular formula is C10H15F3IN. The van der Waals surface area contributed by atoms with E-state index in [1.165, 1.54) is 0 Å². The van der Waals surface area contributed by atoms with Gasteiger partial charge in [0.25, 0.3) is 0 Å². The normalized spacial score (nSPS) is 46.6. The van der Waals surface area contributed by atoms with Gasteiger partial charge < -0.3 is 5.32 Å². The molecule has 2 fully saturated rings. The van der Waals surface area contributed by atoms with E-state index in [2.05, 4.69) is 34.8 Å². The Balaban J connectivity index is 2.05. The van der Waals surface area contributed by atoms with Gasteiger partial charge in [-0.15, -0.1) is 0 Å². The van der Waals surface area contributed by atoms with Crippen molar-refractivity contribution in [2.75, 3.05) is 0 Å². The Morgan fingerprint density at radius 1 is 1.27 bits per heavy atom. The Hall–Kier alpha value is 0.480. The van der Waals surface area contributed by atoms with Crippen LogP contribution in [0.25, 0.3) is 0 Å². The van der Waals surface area contributed by atoms with Crippen molar-refractivity contribution in [2.45, 2.75) is 48.4 Å². The fourth-order valence-electron chi connectivity index (χ4n) is 2.86. The lowest BCUT2D eigenvalue weighted by atomic mass is 9.78. The molecular weight excluding hydrogens is 318 g/mol. The molecule has 5 heteroatoms. The number of rotatable bonds is 0. The molecule has 1 saturated heterocycles. The van der Waals surface area contributed by atoms with Crippen LogP contribution in [0.4, 0.5) is 13.2 Å². The van der Waals surface area contributed by atoms with Crippen LogP contribution in [-0.4, -0.2) is 22.2 Å². The minimum absolute atomic E-state index is 0.209. The molecule has 2 rings (SSSR count). The van der Waals surface area contributed by atoms with E-state index < -0.39 is 12.1 Å². The molecule has 88 valence electrons. The molecule has 1 aliphatic heterocycles. The lowest BCUT2D eigenvalue weighted by Gasteiger charge is -2.33. The summed E-state index contributed by atoms with van der Waals surface area (Å²) in [5, 5.41) is 3.40. The molecule has 5 unspecified atom stereocenters. The summed E-state index contributed by atoms with van der Waals surface area (Å²) in [6, 6.07) is 0.674. The van der Waals surface area contributed by atoms with E-state index >= 15 is 0 Å². The van der Waals surface area contributed by atoms with Crippen LogP contribution in [0.5, 0.6) is 0 Å². The molecule has 0 spiro atoms. The van der Waals surface area contributed by atoms with Crippen molar-refractivity contribution in [1.82, 2.24) is 5.32 Å². The van der Waals surface area contributed by atoms with Crippen LogP contribution in [0.3, 0.4) is 0 Å². The third-order valence-corrected chi connectivity index (χ3v) is 5.73. The standard InChI is InChI=1S/C10H15F3IN/c1-5-9(14)7-4-6(10(11,12)13)2-3-8(7)15-5/h5-9,15H,2-4H2,1H3. The highest BCUT2D eigenvalue weighted by atomic mass is 127. The minimum atomic E-state index is -3.99. The Kier molecular flexibility index (Phi) is 3.23. The average molecular weight is 333 g/mol. The molecule has 0 aromatic heterocycles. The van der Waals surface area contributed by atoms with Gasteiger partial charge in [0.15, 0.2) is 0 Å². The van der Waals surface area contributed by atoms with E-state index in [0.717, 1.165) is 0 Å². The Labute approximate surface area is 101 Å². The van der Waals surface area contributed by atoms with E-state index in [4.69, 9.17) is 0 Å². The first-order chi connectivity index (χ1) is 6.89. The zero-order chi connectivity index (χ0) is 11.2. The van der Waals surface area contributed by atoms with E-state index in [1.807, 2.05) is 0 Å². The van der Waals surface area contributed by atoms with Crippen LogP contribution < -0.4 is 5.32 Å². The molecule has 2 aliphatic rings. The largest absolute Gasteiger partial charge is 0.391 e. The van der Waals surface area contributed by atoms with Crippen LogP contribution in [0, 0.1) is 11.8 Å². The highest BCUT2D eigenvalue weighted by Gasteiger charge is 2.49. The van der Waals surface area contributed by atoms with Gasteiger partial charge in [-0.1, -0.05) is 22.6 Å². The second-order valence-corrected chi connectivity index (χ2v) is 6.16. The molecule has 1 aliphatic carbocycles. The maximum absolute atomic E-state index is 12.6. The van der Waals surface area contributed by atoms with Gasteiger partial charge in [0, 0.05) is 16.0 Å². The maximum Gasteiger partial charge on any atom is 0.391 e. The van der Waals surface area contributed by atoms with Crippen LogP contribution in [0.2, 0.25) is 0 Å². The van der Waals surface area contributed by atoms with Crippen molar-refractivity contribution in [3.63, 3.8) is 0 Å². The first kappa shape index (κ1) is 12.0. The van der Waals surface area contributed by atoms with Gasteiger partial charge in [-0.2, -0.15) is 13.2 Å². The zero-order valence-corrected chi connectivity index (χ0v) is 10.7. The van der Waals surface area contributed by atoms with Crippen LogP contribution in [0.15, 0.2) is 0 Å². The van der Waals surface area contributed by atoms with Gasteiger partial charge in [-0.3, -0.25) is 0 Å². The Bertz CT molecular complexity index is 243. The summed E-state index contributed by atoms with van der Waals surface area (Å²) in [6.45, 7) is 2.07. The fourth-order valence-corrected chi connectivity index (χ4v) is 3.86. The topological polar surface area (TPSA) is 12.0 Å². The van der Waals surface area contributed by atoms with Crippen molar-refractivity contribution < 1.29 is 13.2 Å². The van der Waals surface area contributed by atoms with Crippen molar-refractivity contribution >= 4 is 22.6 Å². The molecule has 0 bridgehead atoms. The molecule has 0 radical (unpaired) electrons. The number of hydrogen-bond donors (Lipinski definition) is 1. The summed E-state index contributed by atoms with van der Waals surface area (Å²) in [5.74, 6) is -0.857. The molecule has 5 atom stereocenters. The van der Waals surface area contributed by atoms with E-state index in [9.17, 15) is 13.2 Å². The molecule has 0 aromatic rings. The van der Waals surface area contributed by atoms with Crippen molar-refractivity contribution in [3.8, 4) is 0 Å². The van der Waals surface area contributed by atoms with Gasteiger partial charge in [0.1, 0.15) is 0 Å². The van der Waals surface area contributed by atoms with E-state index in [-0.39, 0.29) is 5.92 Å². The quantitative estimate of drug-likeness (QED) is 0.531. The van der Waals surface area contributed by atoms with Gasteiger partial charge in [0.05, 0.1) is 5.92 Å². The third-order valence-electron chi connectivity index (χ3n) is 3.73. The van der Waals surface area contributed by atoms with Crippen LogP contribution in [0.1, 0.15) is 26.2 Å². The zero-order valence-electron chi connectivity index (χ0n) is 8.52. The van der Waals surface area contributed by atoms with Crippen molar-refractivity contribution in [1.29, 1.82) is 0 Å². The SMILES string of the molecule is CC1NC2CCC(C(F)(F)F)CC2C1I. The summed E-state index contributed by atoms with van der Waals surface area (Å²) in [6.07, 6.45) is -2.70. The summed E-state index contributed by atoms with van der Waals surface area (Å²) >= 11 is 2.30. The number of hydrogen-bond acceptors (Lipinski definition) is 1. The lowest BCUT2D eigenvalue weighted by molar-refractivity contribution is -0.185. The lowest BCUT2D eigenvalue weighted by Crippen LogP contribution is -2.38. The summed E-state index contributed by atoms with van der Waals surface area (Å²) in [5.41, 5.74) is 0. The average Bonchev–Trinajstić information content (AvgIpc) is 2.41. The monoisotopic (exact) mass is 333 g/mol. The van der Waals surface area contributed by atoms with Gasteiger partial charge in [-0.25, -0.2) is 0 Å². The molecule has 1 N–H and O–H groups in total. The molecule has 1 heterocycles. The van der Waals surface area contributed by atoms with Crippen LogP contribution >= 0.6 is 22.6 Å². The van der Waals surface area contributed by atoms with Gasteiger partial charge >= 0.3 is 6.18 Å². The number of nitrogens with one attached hydrogen (secondary N) is 1. The summed E-state index contributed by atoms with van der Waals surface area (Å²) in [7, 11) is 0. The number of fused-ring (bicyclic) bond motifs is 1. The first-order valence-corrected chi connectivity index (χ1v) is 6.61. The summed E-state index contributed by atoms with van der Waals surface area (Å²) in [4.78, 5) is 0. The van der Waals surface area contributed by atoms with E-state index in [0.29, 0.717) is 35.3 Å². The summed E-state index contributed by atoms with van der Waals surface area (Å²) < 4.78 is 38.1. The second kappa shape index (κ2) is 4.05. The smallest absolute Gasteiger partial charge is 0.310 e. The minimum Gasteiger partial charge on any atom is -0.310 e. The molecule has 0 aromatic carbocycles. The third kappa shape index (κ3) is 2.28. The van der Waals surface area contributed by atoms with Crippen molar-refractivity contribution in [2.24, 2.45) is 11.8 Å². The predicted octanol–water partition coefficient (Wildman–Crippen LogP) is 3.13. The molecule has 15 heavy (non-hydrogen) atoms. The Morgan fingerprint density at radius 3 is 2.53 bits per heavy atom. The highest BCUT2D eigenvalue weighted by molar-refractivity contribution is 14.1. The maximum atomic E-state index is 12.6. The molecule has 1 saturated carbocycles. The number of alkyl halides is 4. The van der Waals surface area contributed by atoms with Crippen LogP contribution in [-0.2, 0) is 0 Å². The first-order valence-electron chi connectivity index (χ1n) is 5.36. The van der Waals surface area contributed by atoms with E-state index in [1.54, 1.807) is 0 Å². The van der Waals surface area contributed by atoms with Gasteiger partial charge in [-0.05, 0) is 32.1 Å². The molecule has 1 nitrogen and oxygen atoms in total. The van der Waals surface area contributed by atoms with Gasteiger partial charge in [0.2, 0.25) is 0 Å². The fraction of sp³-hybridized carbons (Fsp3) is 1.00. The molecule has 0 amide bonds. The van der Waals surface area contributed by atoms with Crippen molar-refractivity contribution in [3.05, 3.63) is 0 Å². The Morgan fingerprint density at radius 2 is 1.93 bits per heavy atom. The highest BCUT2D eigenvalue weighted by Crippen LogP contribution is 2.45. The number of halogens is 4.